The molecule has 0 saturated carbocycles. The summed E-state index contributed by atoms with van der Waals surface area (Å²) < 4.78 is 10.7. The second kappa shape index (κ2) is 6.98. The summed E-state index contributed by atoms with van der Waals surface area (Å²) in [5.74, 6) is 0.907. The van der Waals surface area contributed by atoms with Gasteiger partial charge in [-0.2, -0.15) is 0 Å². The highest BCUT2D eigenvalue weighted by Crippen LogP contribution is 2.16. The fourth-order valence-electron chi connectivity index (χ4n) is 1.87. The summed E-state index contributed by atoms with van der Waals surface area (Å²) in [6, 6.07) is 6.83. The fraction of sp³-hybridized carbons (Fsp3) is 0.462. The van der Waals surface area contributed by atoms with Gasteiger partial charge < -0.3 is 14.4 Å². The molecule has 0 aliphatic carbocycles. The Kier molecular flexibility index (Phi) is 5.31. The molecule has 0 N–H and O–H groups in total. The van der Waals surface area contributed by atoms with Gasteiger partial charge in [0, 0.05) is 17.4 Å². The molecule has 4 nitrogen and oxygen atoms in total. The van der Waals surface area contributed by atoms with Crippen LogP contribution in [-0.4, -0.2) is 49.1 Å². The number of carbonyl (C=O) groups is 1. The van der Waals surface area contributed by atoms with Crippen molar-refractivity contribution in [3.8, 4) is 5.75 Å². The van der Waals surface area contributed by atoms with Gasteiger partial charge in [-0.1, -0.05) is 11.6 Å². The first-order chi connectivity index (χ1) is 9.20. The van der Waals surface area contributed by atoms with Crippen LogP contribution in [0.4, 0.5) is 0 Å². The van der Waals surface area contributed by atoms with Crippen molar-refractivity contribution in [2.75, 3.05) is 32.2 Å². The lowest BCUT2D eigenvalue weighted by Gasteiger charge is -2.34. The van der Waals surface area contributed by atoms with Gasteiger partial charge in [0.1, 0.15) is 5.75 Å². The Balaban J connectivity index is 1.87. The van der Waals surface area contributed by atoms with Gasteiger partial charge in [0.2, 0.25) is 0 Å². The second-order valence-electron chi connectivity index (χ2n) is 4.21. The van der Waals surface area contributed by atoms with Gasteiger partial charge in [-0.05, 0) is 24.3 Å². The Morgan fingerprint density at radius 3 is 2.84 bits per heavy atom. The average Bonchev–Trinajstić information content (AvgIpc) is 2.46. The van der Waals surface area contributed by atoms with E-state index >= 15 is 0 Å². The Morgan fingerprint density at radius 1 is 1.42 bits per heavy atom. The minimum Gasteiger partial charge on any atom is -0.484 e. The van der Waals surface area contributed by atoms with Crippen molar-refractivity contribution >= 4 is 29.1 Å². The van der Waals surface area contributed by atoms with E-state index in [1.54, 1.807) is 29.2 Å². The Morgan fingerprint density at radius 2 is 2.16 bits per heavy atom. The zero-order valence-electron chi connectivity index (χ0n) is 10.4. The molecule has 0 bridgehead atoms. The van der Waals surface area contributed by atoms with Crippen molar-refractivity contribution in [3.63, 3.8) is 0 Å². The SMILES string of the molecule is O=C(COc1ccc(Cl)cc1)N1CCOCC1CCl. The summed E-state index contributed by atoms with van der Waals surface area (Å²) in [5.41, 5.74) is 0. The first kappa shape index (κ1) is 14.4. The van der Waals surface area contributed by atoms with E-state index in [1.165, 1.54) is 0 Å². The molecular weight excluding hydrogens is 289 g/mol. The zero-order chi connectivity index (χ0) is 13.7. The number of nitrogens with zero attached hydrogens (tertiary/aromatic N) is 1. The van der Waals surface area contributed by atoms with E-state index < -0.39 is 0 Å². The third-order valence-corrected chi connectivity index (χ3v) is 3.51. The van der Waals surface area contributed by atoms with Gasteiger partial charge >= 0.3 is 0 Å². The molecule has 2 rings (SSSR count). The lowest BCUT2D eigenvalue weighted by molar-refractivity contribution is -0.141. The van der Waals surface area contributed by atoms with Gasteiger partial charge in [-0.15, -0.1) is 11.6 Å². The first-order valence-corrected chi connectivity index (χ1v) is 6.93. The molecule has 1 aliphatic heterocycles. The van der Waals surface area contributed by atoms with Crippen LogP contribution in [0.5, 0.6) is 5.75 Å². The molecule has 1 unspecified atom stereocenters. The number of halogens is 2. The van der Waals surface area contributed by atoms with Crippen LogP contribution in [0.2, 0.25) is 5.02 Å². The maximum atomic E-state index is 12.1. The number of carbonyl (C=O) groups excluding carboxylic acids is 1. The third-order valence-electron chi connectivity index (χ3n) is 2.90. The highest BCUT2D eigenvalue weighted by molar-refractivity contribution is 6.30. The Hall–Kier alpha value is -0.970. The quantitative estimate of drug-likeness (QED) is 0.800. The summed E-state index contributed by atoms with van der Waals surface area (Å²) in [4.78, 5) is 13.8. The first-order valence-electron chi connectivity index (χ1n) is 6.02. The molecule has 1 aromatic rings. The third kappa shape index (κ3) is 4.00. The zero-order valence-corrected chi connectivity index (χ0v) is 11.9. The summed E-state index contributed by atoms with van der Waals surface area (Å²) in [5, 5.41) is 0.633. The molecule has 1 aromatic carbocycles. The van der Waals surface area contributed by atoms with Crippen molar-refractivity contribution in [3.05, 3.63) is 29.3 Å². The van der Waals surface area contributed by atoms with E-state index in [0.29, 0.717) is 36.4 Å². The van der Waals surface area contributed by atoms with E-state index in [2.05, 4.69) is 0 Å². The van der Waals surface area contributed by atoms with Crippen molar-refractivity contribution in [2.24, 2.45) is 0 Å². The molecule has 1 heterocycles. The van der Waals surface area contributed by atoms with E-state index in [4.69, 9.17) is 32.7 Å². The molecule has 6 heteroatoms. The molecule has 1 saturated heterocycles. The summed E-state index contributed by atoms with van der Waals surface area (Å²) in [6.07, 6.45) is 0. The van der Waals surface area contributed by atoms with Crippen LogP contribution in [0.25, 0.3) is 0 Å². The molecule has 1 aliphatic rings. The van der Waals surface area contributed by atoms with Crippen LogP contribution in [-0.2, 0) is 9.53 Å². The molecule has 104 valence electrons. The predicted octanol–water partition coefficient (Wildman–Crippen LogP) is 2.18. The normalized spacial score (nSPS) is 19.3. The number of morpholine rings is 1. The maximum absolute atomic E-state index is 12.1. The molecule has 1 amide bonds. The standard InChI is InChI=1S/C13H15Cl2NO3/c14-7-11-8-18-6-5-16(11)13(17)9-19-12-3-1-10(15)2-4-12/h1-4,11H,5-9H2. The molecular formula is C13H15Cl2NO3. The van der Waals surface area contributed by atoms with Crippen LogP contribution in [0.15, 0.2) is 24.3 Å². The van der Waals surface area contributed by atoms with Crippen LogP contribution in [0.1, 0.15) is 0 Å². The number of rotatable bonds is 4. The van der Waals surface area contributed by atoms with E-state index in [1.807, 2.05) is 0 Å². The summed E-state index contributed by atoms with van der Waals surface area (Å²) in [6.45, 7) is 1.57. The molecule has 1 fully saturated rings. The van der Waals surface area contributed by atoms with Gasteiger partial charge in [0.15, 0.2) is 6.61 Å². The number of alkyl halides is 1. The molecule has 0 aromatic heterocycles. The van der Waals surface area contributed by atoms with Gasteiger partial charge in [-0.25, -0.2) is 0 Å². The molecule has 0 spiro atoms. The van der Waals surface area contributed by atoms with E-state index in [0.717, 1.165) is 0 Å². The number of ether oxygens (including phenoxy) is 2. The van der Waals surface area contributed by atoms with Crippen molar-refractivity contribution < 1.29 is 14.3 Å². The maximum Gasteiger partial charge on any atom is 0.260 e. The van der Waals surface area contributed by atoms with Crippen molar-refractivity contribution in [2.45, 2.75) is 6.04 Å². The van der Waals surface area contributed by atoms with Crippen molar-refractivity contribution in [1.29, 1.82) is 0 Å². The average molecular weight is 304 g/mol. The number of hydrogen-bond donors (Lipinski definition) is 0. The van der Waals surface area contributed by atoms with Gasteiger partial charge in [0.05, 0.1) is 19.3 Å². The lowest BCUT2D eigenvalue weighted by Crippen LogP contribution is -2.51. The highest BCUT2D eigenvalue weighted by Gasteiger charge is 2.26. The largest absolute Gasteiger partial charge is 0.484 e. The molecule has 1 atom stereocenters. The van der Waals surface area contributed by atoms with Crippen LogP contribution < -0.4 is 4.74 Å². The van der Waals surface area contributed by atoms with Crippen LogP contribution in [0.3, 0.4) is 0 Å². The lowest BCUT2D eigenvalue weighted by atomic mass is 10.2. The minimum atomic E-state index is -0.0797. The van der Waals surface area contributed by atoms with Crippen LogP contribution in [0, 0.1) is 0 Å². The summed E-state index contributed by atoms with van der Waals surface area (Å²) >= 11 is 11.6. The topological polar surface area (TPSA) is 38.8 Å². The van der Waals surface area contributed by atoms with Crippen LogP contribution >= 0.6 is 23.2 Å². The van der Waals surface area contributed by atoms with Crippen molar-refractivity contribution in [1.82, 2.24) is 4.90 Å². The van der Waals surface area contributed by atoms with E-state index in [9.17, 15) is 4.79 Å². The number of amides is 1. The van der Waals surface area contributed by atoms with Gasteiger partial charge in [-0.3, -0.25) is 4.79 Å². The monoisotopic (exact) mass is 303 g/mol. The highest BCUT2D eigenvalue weighted by atomic mass is 35.5. The molecule has 19 heavy (non-hydrogen) atoms. The summed E-state index contributed by atoms with van der Waals surface area (Å²) in [7, 11) is 0. The predicted molar refractivity (Wildman–Crippen MR) is 74.0 cm³/mol. The Bertz CT molecular complexity index is 424. The Labute approximate surface area is 122 Å². The minimum absolute atomic E-state index is 0.00494. The van der Waals surface area contributed by atoms with Gasteiger partial charge in [0.25, 0.3) is 5.91 Å². The number of benzene rings is 1. The number of hydrogen-bond acceptors (Lipinski definition) is 3. The second-order valence-corrected chi connectivity index (χ2v) is 4.96. The molecule has 0 radical (unpaired) electrons. The fourth-order valence-corrected chi connectivity index (χ4v) is 2.25. The van der Waals surface area contributed by atoms with E-state index in [-0.39, 0.29) is 18.6 Å². The smallest absolute Gasteiger partial charge is 0.260 e.